The molecule has 0 fully saturated rings. The number of anilines is 1. The van der Waals surface area contributed by atoms with Crippen LogP contribution < -0.4 is 15.2 Å². The molecule has 0 aromatic heterocycles. The summed E-state index contributed by atoms with van der Waals surface area (Å²) in [6.45, 7) is 0. The maximum absolute atomic E-state index is 12.3. The van der Waals surface area contributed by atoms with Gasteiger partial charge in [-0.15, -0.1) is 0 Å². The van der Waals surface area contributed by atoms with Crippen molar-refractivity contribution in [1.82, 2.24) is 0 Å². The normalized spacial score (nSPS) is 10.4. The van der Waals surface area contributed by atoms with E-state index in [0.29, 0.717) is 0 Å². The Balaban J connectivity index is 3.24. The van der Waals surface area contributed by atoms with Gasteiger partial charge in [0, 0.05) is 5.56 Å². The average molecular weight is 203 g/mol. The fourth-order valence-electron chi connectivity index (χ4n) is 1.14. The Morgan fingerprint density at radius 1 is 1.21 bits per heavy atom. The highest BCUT2D eigenvalue weighted by Crippen LogP contribution is 2.37. The van der Waals surface area contributed by atoms with Gasteiger partial charge in [-0.25, -0.2) is 8.78 Å². The van der Waals surface area contributed by atoms with Crippen molar-refractivity contribution in [1.29, 1.82) is 0 Å². The minimum absolute atomic E-state index is 0.141. The van der Waals surface area contributed by atoms with Crippen molar-refractivity contribution in [2.24, 2.45) is 0 Å². The first-order chi connectivity index (χ1) is 6.60. The number of hydrogen-bond acceptors (Lipinski definition) is 3. The zero-order valence-electron chi connectivity index (χ0n) is 7.88. The molecule has 5 heteroatoms. The van der Waals surface area contributed by atoms with Crippen molar-refractivity contribution in [2.45, 2.75) is 6.43 Å². The summed E-state index contributed by atoms with van der Waals surface area (Å²) in [7, 11) is 2.77. The van der Waals surface area contributed by atoms with Crippen LogP contribution in [0.4, 0.5) is 14.5 Å². The molecule has 0 bridgehead atoms. The monoisotopic (exact) mass is 203 g/mol. The molecule has 0 spiro atoms. The summed E-state index contributed by atoms with van der Waals surface area (Å²) in [4.78, 5) is 0. The van der Waals surface area contributed by atoms with Gasteiger partial charge in [-0.2, -0.15) is 0 Å². The van der Waals surface area contributed by atoms with Crippen LogP contribution in [0, 0.1) is 0 Å². The SMILES string of the molecule is COc1cc(C(F)F)cc(N)c1OC. The van der Waals surface area contributed by atoms with Gasteiger partial charge < -0.3 is 15.2 Å². The lowest BCUT2D eigenvalue weighted by Crippen LogP contribution is -1.98. The molecule has 0 unspecified atom stereocenters. The zero-order chi connectivity index (χ0) is 10.7. The van der Waals surface area contributed by atoms with Crippen molar-refractivity contribution in [3.63, 3.8) is 0 Å². The Bertz CT molecular complexity index is 329. The van der Waals surface area contributed by atoms with E-state index < -0.39 is 6.43 Å². The summed E-state index contributed by atoms with van der Waals surface area (Å²) in [6, 6.07) is 2.38. The summed E-state index contributed by atoms with van der Waals surface area (Å²) in [5.41, 5.74) is 5.47. The van der Waals surface area contributed by atoms with Gasteiger partial charge in [0.15, 0.2) is 11.5 Å². The summed E-state index contributed by atoms with van der Waals surface area (Å²) in [5.74, 6) is 0.486. The summed E-state index contributed by atoms with van der Waals surface area (Å²) in [5, 5.41) is 0. The van der Waals surface area contributed by atoms with Crippen molar-refractivity contribution >= 4 is 5.69 Å². The van der Waals surface area contributed by atoms with Crippen LogP contribution in [0.2, 0.25) is 0 Å². The quantitative estimate of drug-likeness (QED) is 0.766. The van der Waals surface area contributed by atoms with Crippen molar-refractivity contribution in [3.8, 4) is 11.5 Å². The maximum atomic E-state index is 12.3. The minimum Gasteiger partial charge on any atom is -0.493 e. The molecule has 0 amide bonds. The van der Waals surface area contributed by atoms with E-state index in [9.17, 15) is 8.78 Å². The summed E-state index contributed by atoms with van der Waals surface area (Å²) < 4.78 is 34.5. The number of nitrogens with two attached hydrogens (primary N) is 1. The van der Waals surface area contributed by atoms with Crippen LogP contribution in [0.5, 0.6) is 11.5 Å². The topological polar surface area (TPSA) is 44.5 Å². The Kier molecular flexibility index (Phi) is 3.11. The van der Waals surface area contributed by atoms with Crippen LogP contribution in [-0.2, 0) is 0 Å². The van der Waals surface area contributed by atoms with Crippen LogP contribution in [0.1, 0.15) is 12.0 Å². The standard InChI is InChI=1S/C9H11F2NO2/c1-13-7-4-5(9(10)11)3-6(12)8(7)14-2/h3-4,9H,12H2,1-2H3. The van der Waals surface area contributed by atoms with Gasteiger partial charge in [-0.3, -0.25) is 0 Å². The van der Waals surface area contributed by atoms with E-state index in [1.807, 2.05) is 0 Å². The van der Waals surface area contributed by atoms with E-state index in [2.05, 4.69) is 0 Å². The lowest BCUT2D eigenvalue weighted by molar-refractivity contribution is 0.151. The number of alkyl halides is 2. The third-order valence-electron chi connectivity index (χ3n) is 1.78. The summed E-state index contributed by atoms with van der Waals surface area (Å²) in [6.07, 6.45) is -2.57. The van der Waals surface area contributed by atoms with Crippen LogP contribution in [-0.4, -0.2) is 14.2 Å². The van der Waals surface area contributed by atoms with E-state index in [1.165, 1.54) is 26.4 Å². The molecule has 1 rings (SSSR count). The largest absolute Gasteiger partial charge is 0.493 e. The van der Waals surface area contributed by atoms with E-state index >= 15 is 0 Å². The number of benzene rings is 1. The molecule has 1 aromatic carbocycles. The Morgan fingerprint density at radius 3 is 2.29 bits per heavy atom. The Hall–Kier alpha value is -1.52. The molecule has 0 saturated carbocycles. The molecule has 0 aliphatic carbocycles. The first-order valence-electron chi connectivity index (χ1n) is 3.89. The number of methoxy groups -OCH3 is 2. The van der Waals surface area contributed by atoms with Gasteiger partial charge in [0.1, 0.15) is 0 Å². The molecule has 0 atom stereocenters. The van der Waals surface area contributed by atoms with Gasteiger partial charge in [0.2, 0.25) is 0 Å². The molecule has 0 aliphatic heterocycles. The maximum Gasteiger partial charge on any atom is 0.264 e. The Morgan fingerprint density at radius 2 is 1.86 bits per heavy atom. The second-order valence-electron chi connectivity index (χ2n) is 2.65. The third kappa shape index (κ3) is 1.86. The predicted molar refractivity (Wildman–Crippen MR) is 48.9 cm³/mol. The molecule has 0 radical (unpaired) electrons. The van der Waals surface area contributed by atoms with E-state index in [1.54, 1.807) is 0 Å². The van der Waals surface area contributed by atoms with Crippen molar-refractivity contribution < 1.29 is 18.3 Å². The number of halogens is 2. The van der Waals surface area contributed by atoms with Gasteiger partial charge in [-0.05, 0) is 12.1 Å². The first kappa shape index (κ1) is 10.6. The zero-order valence-corrected chi connectivity index (χ0v) is 7.88. The Labute approximate surface area is 80.4 Å². The molecule has 0 heterocycles. The third-order valence-corrected chi connectivity index (χ3v) is 1.78. The molecule has 14 heavy (non-hydrogen) atoms. The molecule has 2 N–H and O–H groups in total. The molecular formula is C9H11F2NO2. The van der Waals surface area contributed by atoms with Crippen LogP contribution in [0.15, 0.2) is 12.1 Å². The van der Waals surface area contributed by atoms with Gasteiger partial charge in [0.05, 0.1) is 19.9 Å². The molecule has 0 saturated heterocycles. The molecule has 78 valence electrons. The highest BCUT2D eigenvalue weighted by molar-refractivity contribution is 5.62. The molecular weight excluding hydrogens is 192 g/mol. The summed E-state index contributed by atoms with van der Waals surface area (Å²) >= 11 is 0. The average Bonchev–Trinajstić information content (AvgIpc) is 2.16. The highest BCUT2D eigenvalue weighted by Gasteiger charge is 2.15. The molecule has 0 aliphatic rings. The van der Waals surface area contributed by atoms with Gasteiger partial charge in [0.25, 0.3) is 6.43 Å². The van der Waals surface area contributed by atoms with E-state index in [0.717, 1.165) is 0 Å². The number of rotatable bonds is 3. The minimum atomic E-state index is -2.57. The fraction of sp³-hybridized carbons (Fsp3) is 0.333. The van der Waals surface area contributed by atoms with Crippen LogP contribution in [0.25, 0.3) is 0 Å². The van der Waals surface area contributed by atoms with Crippen molar-refractivity contribution in [3.05, 3.63) is 17.7 Å². The van der Waals surface area contributed by atoms with Gasteiger partial charge in [-0.1, -0.05) is 0 Å². The smallest absolute Gasteiger partial charge is 0.264 e. The van der Waals surface area contributed by atoms with Crippen molar-refractivity contribution in [2.75, 3.05) is 20.0 Å². The van der Waals surface area contributed by atoms with E-state index in [4.69, 9.17) is 15.2 Å². The predicted octanol–water partition coefficient (Wildman–Crippen LogP) is 2.22. The lowest BCUT2D eigenvalue weighted by Gasteiger charge is -2.11. The highest BCUT2D eigenvalue weighted by atomic mass is 19.3. The molecule has 3 nitrogen and oxygen atoms in total. The van der Waals surface area contributed by atoms with Crippen LogP contribution in [0.3, 0.4) is 0 Å². The van der Waals surface area contributed by atoms with Crippen LogP contribution >= 0.6 is 0 Å². The second-order valence-corrected chi connectivity index (χ2v) is 2.65. The first-order valence-corrected chi connectivity index (χ1v) is 3.89. The van der Waals surface area contributed by atoms with E-state index in [-0.39, 0.29) is 22.7 Å². The number of ether oxygens (including phenoxy) is 2. The lowest BCUT2D eigenvalue weighted by atomic mass is 10.2. The second kappa shape index (κ2) is 4.13. The molecule has 1 aromatic rings. The number of nitrogen functional groups attached to an aromatic ring is 1. The van der Waals surface area contributed by atoms with Gasteiger partial charge >= 0.3 is 0 Å². The number of hydrogen-bond donors (Lipinski definition) is 1. The fourth-order valence-corrected chi connectivity index (χ4v) is 1.14.